The van der Waals surface area contributed by atoms with E-state index in [1.54, 1.807) is 6.20 Å². The molecule has 0 amide bonds. The van der Waals surface area contributed by atoms with Gasteiger partial charge in [-0.05, 0) is 38.0 Å². The fourth-order valence-electron chi connectivity index (χ4n) is 2.08. The highest BCUT2D eigenvalue weighted by molar-refractivity contribution is 9.10. The first-order valence-corrected chi connectivity index (χ1v) is 7.33. The van der Waals surface area contributed by atoms with E-state index >= 15 is 0 Å². The monoisotopic (exact) mass is 341 g/mol. The van der Waals surface area contributed by atoms with Crippen molar-refractivity contribution < 1.29 is 0 Å². The van der Waals surface area contributed by atoms with E-state index in [0.717, 1.165) is 15.7 Å². The van der Waals surface area contributed by atoms with Crippen LogP contribution in [0, 0.1) is 6.92 Å². The first kappa shape index (κ1) is 14.6. The number of nitrogens with two attached hydrogens (primary N) is 1. The summed E-state index contributed by atoms with van der Waals surface area (Å²) in [5.74, 6) is 0. The van der Waals surface area contributed by atoms with E-state index in [0.29, 0.717) is 5.02 Å². The van der Waals surface area contributed by atoms with E-state index < -0.39 is 0 Å². The second-order valence-electron chi connectivity index (χ2n) is 4.92. The van der Waals surface area contributed by atoms with Crippen LogP contribution in [0.1, 0.15) is 42.8 Å². The zero-order valence-electron chi connectivity index (χ0n) is 11.2. The van der Waals surface area contributed by atoms with Gasteiger partial charge in [0.1, 0.15) is 0 Å². The van der Waals surface area contributed by atoms with Crippen molar-refractivity contribution in [1.82, 2.24) is 9.78 Å². The fraction of sp³-hybridized carbons (Fsp3) is 0.357. The van der Waals surface area contributed by atoms with Crippen molar-refractivity contribution >= 4 is 27.5 Å². The molecule has 2 aromatic rings. The molecule has 1 atom stereocenters. The maximum atomic E-state index is 6.38. The van der Waals surface area contributed by atoms with Crippen LogP contribution >= 0.6 is 27.5 Å². The summed E-state index contributed by atoms with van der Waals surface area (Å²) in [6.45, 7) is 6.17. The molecular formula is C14H17BrClN3. The molecule has 0 aliphatic rings. The minimum absolute atomic E-state index is 0.220. The Morgan fingerprint density at radius 3 is 2.63 bits per heavy atom. The van der Waals surface area contributed by atoms with E-state index in [1.165, 1.54) is 5.56 Å². The second kappa shape index (κ2) is 5.65. The predicted octanol–water partition coefficient (Wildman–Crippen LogP) is 4.24. The van der Waals surface area contributed by atoms with E-state index in [1.807, 2.05) is 23.7 Å². The molecule has 1 unspecified atom stereocenters. The van der Waals surface area contributed by atoms with E-state index in [4.69, 9.17) is 17.3 Å². The highest BCUT2D eigenvalue weighted by Crippen LogP contribution is 2.32. The normalized spacial score (nSPS) is 13.0. The maximum absolute atomic E-state index is 6.38. The molecule has 2 rings (SSSR count). The summed E-state index contributed by atoms with van der Waals surface area (Å²) < 4.78 is 2.87. The van der Waals surface area contributed by atoms with Gasteiger partial charge in [-0.1, -0.05) is 39.7 Å². The summed E-state index contributed by atoms with van der Waals surface area (Å²) in [5.41, 5.74) is 9.42. The minimum atomic E-state index is -0.299. The molecule has 0 aliphatic carbocycles. The number of aromatic nitrogens is 2. The Bertz CT molecular complexity index is 592. The number of rotatable bonds is 3. The van der Waals surface area contributed by atoms with Crippen molar-refractivity contribution in [2.24, 2.45) is 5.73 Å². The minimum Gasteiger partial charge on any atom is -0.319 e. The lowest BCUT2D eigenvalue weighted by molar-refractivity contribution is 0.499. The summed E-state index contributed by atoms with van der Waals surface area (Å²) in [7, 11) is 0. The van der Waals surface area contributed by atoms with Crippen LogP contribution in [0.25, 0.3) is 0 Å². The quantitative estimate of drug-likeness (QED) is 0.907. The van der Waals surface area contributed by atoms with Crippen molar-refractivity contribution in [3.63, 3.8) is 0 Å². The van der Waals surface area contributed by atoms with Crippen molar-refractivity contribution in [3.8, 4) is 0 Å². The molecule has 0 saturated heterocycles. The van der Waals surface area contributed by atoms with Gasteiger partial charge in [-0.3, -0.25) is 4.68 Å². The zero-order valence-corrected chi connectivity index (χ0v) is 13.5. The standard InChI is InChI=1S/C14H17BrClN3/c1-8(2)19-14(12(16)7-18-19)13(17)10-5-4-9(3)6-11(10)15/h4-8,13H,17H2,1-3H3. The van der Waals surface area contributed by atoms with Gasteiger partial charge in [0, 0.05) is 10.5 Å². The molecule has 0 bridgehead atoms. The molecule has 0 radical (unpaired) electrons. The van der Waals surface area contributed by atoms with Crippen LogP contribution in [0.5, 0.6) is 0 Å². The van der Waals surface area contributed by atoms with Gasteiger partial charge in [-0.15, -0.1) is 0 Å². The number of aryl methyl sites for hydroxylation is 1. The summed E-state index contributed by atoms with van der Waals surface area (Å²) in [5, 5.41) is 4.90. The van der Waals surface area contributed by atoms with Crippen LogP contribution in [0.2, 0.25) is 5.02 Å². The Hall–Kier alpha value is -0.840. The molecule has 1 aromatic heterocycles. The number of halogens is 2. The highest BCUT2D eigenvalue weighted by Gasteiger charge is 2.21. The third-order valence-electron chi connectivity index (χ3n) is 3.06. The molecule has 3 nitrogen and oxygen atoms in total. The number of benzene rings is 1. The number of hydrogen-bond acceptors (Lipinski definition) is 2. The first-order valence-electron chi connectivity index (χ1n) is 6.16. The Kier molecular flexibility index (Phi) is 4.33. The lowest BCUT2D eigenvalue weighted by Gasteiger charge is -2.19. The van der Waals surface area contributed by atoms with Crippen LogP contribution in [0.15, 0.2) is 28.9 Å². The SMILES string of the molecule is Cc1ccc(C(N)c2c(Cl)cnn2C(C)C)c(Br)c1. The molecule has 5 heteroatoms. The molecular weight excluding hydrogens is 326 g/mol. The molecule has 1 aromatic carbocycles. The fourth-order valence-corrected chi connectivity index (χ4v) is 3.07. The van der Waals surface area contributed by atoms with Crippen molar-refractivity contribution in [3.05, 3.63) is 50.7 Å². The van der Waals surface area contributed by atoms with Crippen LogP contribution in [0.4, 0.5) is 0 Å². The van der Waals surface area contributed by atoms with Crippen molar-refractivity contribution in [2.75, 3.05) is 0 Å². The van der Waals surface area contributed by atoms with Crippen LogP contribution < -0.4 is 5.73 Å². The van der Waals surface area contributed by atoms with Crippen LogP contribution in [-0.2, 0) is 0 Å². The topological polar surface area (TPSA) is 43.8 Å². The van der Waals surface area contributed by atoms with Crippen molar-refractivity contribution in [2.45, 2.75) is 32.9 Å². The van der Waals surface area contributed by atoms with Gasteiger partial charge in [-0.2, -0.15) is 5.10 Å². The Morgan fingerprint density at radius 1 is 1.37 bits per heavy atom. The van der Waals surface area contributed by atoms with Gasteiger partial charge in [0.15, 0.2) is 0 Å². The summed E-state index contributed by atoms with van der Waals surface area (Å²) in [4.78, 5) is 0. The molecule has 102 valence electrons. The summed E-state index contributed by atoms with van der Waals surface area (Å²) in [6, 6.07) is 6.05. The lowest BCUT2D eigenvalue weighted by Crippen LogP contribution is -2.19. The van der Waals surface area contributed by atoms with Gasteiger partial charge in [0.05, 0.1) is 23.0 Å². The highest BCUT2D eigenvalue weighted by atomic mass is 79.9. The Morgan fingerprint density at radius 2 is 2.05 bits per heavy atom. The molecule has 1 heterocycles. The maximum Gasteiger partial charge on any atom is 0.0837 e. The average Bonchev–Trinajstić information content (AvgIpc) is 2.70. The Balaban J connectivity index is 2.49. The summed E-state index contributed by atoms with van der Waals surface area (Å²) in [6.07, 6.45) is 1.65. The summed E-state index contributed by atoms with van der Waals surface area (Å²) >= 11 is 9.81. The second-order valence-corrected chi connectivity index (χ2v) is 6.18. The van der Waals surface area contributed by atoms with Gasteiger partial charge >= 0.3 is 0 Å². The number of hydrogen-bond donors (Lipinski definition) is 1. The largest absolute Gasteiger partial charge is 0.319 e. The molecule has 19 heavy (non-hydrogen) atoms. The third-order valence-corrected chi connectivity index (χ3v) is 4.04. The van der Waals surface area contributed by atoms with Gasteiger partial charge < -0.3 is 5.73 Å². The first-order chi connectivity index (χ1) is 8.91. The van der Waals surface area contributed by atoms with Crippen LogP contribution in [0.3, 0.4) is 0 Å². The molecule has 0 spiro atoms. The Labute approximate surface area is 126 Å². The molecule has 0 fully saturated rings. The molecule has 0 aliphatic heterocycles. The van der Waals surface area contributed by atoms with E-state index in [9.17, 15) is 0 Å². The van der Waals surface area contributed by atoms with Gasteiger partial charge in [-0.25, -0.2) is 0 Å². The van der Waals surface area contributed by atoms with E-state index in [2.05, 4.69) is 40.9 Å². The van der Waals surface area contributed by atoms with Gasteiger partial charge in [0.2, 0.25) is 0 Å². The van der Waals surface area contributed by atoms with Crippen molar-refractivity contribution in [1.29, 1.82) is 0 Å². The van der Waals surface area contributed by atoms with Gasteiger partial charge in [0.25, 0.3) is 0 Å². The third kappa shape index (κ3) is 2.86. The van der Waals surface area contributed by atoms with E-state index in [-0.39, 0.29) is 12.1 Å². The predicted molar refractivity (Wildman–Crippen MR) is 82.5 cm³/mol. The van der Waals surface area contributed by atoms with Crippen LogP contribution in [-0.4, -0.2) is 9.78 Å². The zero-order chi connectivity index (χ0) is 14.2. The molecule has 2 N–H and O–H groups in total. The average molecular weight is 343 g/mol. The smallest absolute Gasteiger partial charge is 0.0837 e. The molecule has 0 saturated carbocycles. The lowest BCUT2D eigenvalue weighted by atomic mass is 10.0. The number of nitrogens with zero attached hydrogens (tertiary/aromatic N) is 2.